The van der Waals surface area contributed by atoms with Crippen LogP contribution in [-0.2, 0) is 22.7 Å². The van der Waals surface area contributed by atoms with E-state index in [9.17, 15) is 19.1 Å². The number of halogens is 2. The highest BCUT2D eigenvalue weighted by atomic mass is 35.5. The summed E-state index contributed by atoms with van der Waals surface area (Å²) in [6.45, 7) is 1.31. The summed E-state index contributed by atoms with van der Waals surface area (Å²) in [5, 5.41) is 18.0. The summed E-state index contributed by atoms with van der Waals surface area (Å²) in [6, 6.07) is 11.8. The molecule has 0 saturated heterocycles. The van der Waals surface area contributed by atoms with E-state index in [0.29, 0.717) is 0 Å². The summed E-state index contributed by atoms with van der Waals surface area (Å²) < 4.78 is 15.7. The SMILES string of the molecule is Cc1nn(CC(=O)N(CC(=O)NCc2cccc(Cl)c2F)C(CO)C2CC2)c2ccccc12. The summed E-state index contributed by atoms with van der Waals surface area (Å²) in [5.41, 5.74) is 1.90. The zero-order valence-corrected chi connectivity index (χ0v) is 19.1. The van der Waals surface area contributed by atoms with E-state index < -0.39 is 17.8 Å². The molecule has 0 bridgehead atoms. The fraction of sp³-hybridized carbons (Fsp3) is 0.375. The van der Waals surface area contributed by atoms with Crippen LogP contribution in [0.25, 0.3) is 10.9 Å². The van der Waals surface area contributed by atoms with E-state index in [1.165, 1.54) is 17.0 Å². The number of aromatic nitrogens is 2. The quantitative estimate of drug-likeness (QED) is 0.501. The Morgan fingerprint density at radius 1 is 1.27 bits per heavy atom. The van der Waals surface area contributed by atoms with Crippen LogP contribution in [0.5, 0.6) is 0 Å². The number of rotatable bonds is 9. The highest BCUT2D eigenvalue weighted by molar-refractivity contribution is 6.30. The monoisotopic (exact) mass is 472 g/mol. The number of amides is 2. The van der Waals surface area contributed by atoms with Crippen LogP contribution in [0.3, 0.4) is 0 Å². The van der Waals surface area contributed by atoms with Crippen molar-refractivity contribution in [2.24, 2.45) is 5.92 Å². The van der Waals surface area contributed by atoms with Crippen molar-refractivity contribution in [3.8, 4) is 0 Å². The first-order valence-corrected chi connectivity index (χ1v) is 11.3. The summed E-state index contributed by atoms with van der Waals surface area (Å²) in [4.78, 5) is 27.4. The number of benzene rings is 2. The lowest BCUT2D eigenvalue weighted by molar-refractivity contribution is -0.140. The first kappa shape index (κ1) is 23.2. The number of para-hydroxylation sites is 1. The zero-order chi connectivity index (χ0) is 23.5. The van der Waals surface area contributed by atoms with Gasteiger partial charge < -0.3 is 15.3 Å². The molecule has 7 nitrogen and oxygen atoms in total. The van der Waals surface area contributed by atoms with Gasteiger partial charge in [0.1, 0.15) is 12.4 Å². The number of fused-ring (bicyclic) bond motifs is 1. The Balaban J connectivity index is 1.49. The van der Waals surface area contributed by atoms with E-state index >= 15 is 0 Å². The number of aliphatic hydroxyl groups excluding tert-OH is 1. The van der Waals surface area contributed by atoms with Gasteiger partial charge in [0, 0.05) is 17.5 Å². The minimum absolute atomic E-state index is 0.0191. The molecular weight excluding hydrogens is 447 g/mol. The predicted octanol–water partition coefficient (Wildman–Crippen LogP) is 3.05. The van der Waals surface area contributed by atoms with Crippen molar-refractivity contribution in [1.29, 1.82) is 0 Å². The van der Waals surface area contributed by atoms with Crippen LogP contribution >= 0.6 is 11.6 Å². The van der Waals surface area contributed by atoms with E-state index in [0.717, 1.165) is 29.4 Å². The van der Waals surface area contributed by atoms with Crippen LogP contribution in [-0.4, -0.2) is 50.8 Å². The van der Waals surface area contributed by atoms with Gasteiger partial charge in [-0.3, -0.25) is 14.3 Å². The van der Waals surface area contributed by atoms with Gasteiger partial charge in [-0.25, -0.2) is 4.39 Å². The maximum absolute atomic E-state index is 14.1. The van der Waals surface area contributed by atoms with Crippen molar-refractivity contribution in [2.45, 2.75) is 38.9 Å². The maximum atomic E-state index is 14.1. The molecule has 0 spiro atoms. The first-order valence-electron chi connectivity index (χ1n) is 10.9. The average molecular weight is 473 g/mol. The van der Waals surface area contributed by atoms with Crippen molar-refractivity contribution >= 4 is 34.3 Å². The zero-order valence-electron chi connectivity index (χ0n) is 18.3. The molecule has 174 valence electrons. The number of hydrogen-bond donors (Lipinski definition) is 2. The Morgan fingerprint density at radius 2 is 2.03 bits per heavy atom. The second-order valence-corrected chi connectivity index (χ2v) is 8.77. The Kier molecular flexibility index (Phi) is 6.95. The number of aryl methyl sites for hydroxylation is 1. The van der Waals surface area contributed by atoms with Gasteiger partial charge in [-0.2, -0.15) is 5.10 Å². The Morgan fingerprint density at radius 3 is 2.76 bits per heavy atom. The summed E-state index contributed by atoms with van der Waals surface area (Å²) in [5.74, 6) is -1.17. The Hall–Kier alpha value is -2.97. The van der Waals surface area contributed by atoms with Gasteiger partial charge in [-0.05, 0) is 37.8 Å². The Labute approximate surface area is 196 Å². The van der Waals surface area contributed by atoms with Crippen molar-refractivity contribution in [3.63, 3.8) is 0 Å². The lowest BCUT2D eigenvalue weighted by Gasteiger charge is -2.30. The fourth-order valence-electron chi connectivity index (χ4n) is 4.10. The van der Waals surface area contributed by atoms with Crippen LogP contribution in [0, 0.1) is 18.7 Å². The van der Waals surface area contributed by atoms with E-state index in [-0.39, 0.29) is 48.7 Å². The average Bonchev–Trinajstić information content (AvgIpc) is 3.59. The van der Waals surface area contributed by atoms with Crippen LogP contribution in [0.15, 0.2) is 42.5 Å². The minimum atomic E-state index is -0.584. The number of hydrogen-bond acceptors (Lipinski definition) is 4. The first-order chi connectivity index (χ1) is 15.9. The van der Waals surface area contributed by atoms with Crippen molar-refractivity contribution in [1.82, 2.24) is 20.0 Å². The number of nitrogens with one attached hydrogen (secondary N) is 1. The number of aliphatic hydroxyl groups is 1. The lowest BCUT2D eigenvalue weighted by atomic mass is 10.1. The van der Waals surface area contributed by atoms with Gasteiger partial charge >= 0.3 is 0 Å². The van der Waals surface area contributed by atoms with Crippen LogP contribution in [0.4, 0.5) is 4.39 Å². The second-order valence-electron chi connectivity index (χ2n) is 8.36. The molecule has 1 aromatic heterocycles. The van der Waals surface area contributed by atoms with E-state index in [2.05, 4.69) is 10.4 Å². The lowest BCUT2D eigenvalue weighted by Crippen LogP contribution is -2.50. The molecule has 2 aromatic carbocycles. The summed E-state index contributed by atoms with van der Waals surface area (Å²) in [6.07, 6.45) is 1.79. The van der Waals surface area contributed by atoms with Crippen molar-refractivity contribution in [2.75, 3.05) is 13.2 Å². The van der Waals surface area contributed by atoms with Crippen molar-refractivity contribution < 1.29 is 19.1 Å². The molecular formula is C24H26ClFN4O3. The summed E-state index contributed by atoms with van der Waals surface area (Å²) in [7, 11) is 0. The molecule has 3 aromatic rings. The van der Waals surface area contributed by atoms with Gasteiger partial charge in [0.05, 0.1) is 35.4 Å². The van der Waals surface area contributed by atoms with Gasteiger partial charge in [-0.1, -0.05) is 41.9 Å². The third-order valence-corrected chi connectivity index (χ3v) is 6.31. The van der Waals surface area contributed by atoms with E-state index in [4.69, 9.17) is 11.6 Å². The largest absolute Gasteiger partial charge is 0.394 e. The Bertz CT molecular complexity index is 1180. The van der Waals surface area contributed by atoms with Crippen LogP contribution < -0.4 is 5.32 Å². The highest BCUT2D eigenvalue weighted by Crippen LogP contribution is 2.35. The standard InChI is InChI=1S/C24H26ClFN4O3/c1-15-18-6-2-3-8-20(18)30(28-15)13-23(33)29(21(14-31)16-9-10-16)12-22(32)27-11-17-5-4-7-19(25)24(17)26/h2-8,16,21,31H,9-14H2,1H3,(H,27,32). The van der Waals surface area contributed by atoms with Gasteiger partial charge in [0.2, 0.25) is 11.8 Å². The molecule has 2 amide bonds. The molecule has 0 radical (unpaired) electrons. The summed E-state index contributed by atoms with van der Waals surface area (Å²) >= 11 is 5.80. The molecule has 4 rings (SSSR count). The molecule has 1 fully saturated rings. The van der Waals surface area contributed by atoms with E-state index in [1.807, 2.05) is 31.2 Å². The van der Waals surface area contributed by atoms with Crippen LogP contribution in [0.2, 0.25) is 5.02 Å². The second kappa shape index (κ2) is 9.89. The molecule has 33 heavy (non-hydrogen) atoms. The van der Waals surface area contributed by atoms with Crippen LogP contribution in [0.1, 0.15) is 24.1 Å². The maximum Gasteiger partial charge on any atom is 0.245 e. The molecule has 1 aliphatic rings. The molecule has 0 aliphatic heterocycles. The molecule has 1 unspecified atom stereocenters. The molecule has 1 atom stereocenters. The van der Waals surface area contributed by atoms with Gasteiger partial charge in [-0.15, -0.1) is 0 Å². The third-order valence-electron chi connectivity index (χ3n) is 6.02. The van der Waals surface area contributed by atoms with Gasteiger partial charge in [0.25, 0.3) is 0 Å². The minimum Gasteiger partial charge on any atom is -0.394 e. The molecule has 1 heterocycles. The van der Waals surface area contributed by atoms with E-state index in [1.54, 1.807) is 10.7 Å². The normalized spacial score (nSPS) is 14.3. The molecule has 1 aliphatic carbocycles. The third kappa shape index (κ3) is 5.17. The fourth-order valence-corrected chi connectivity index (χ4v) is 4.29. The predicted molar refractivity (Wildman–Crippen MR) is 123 cm³/mol. The molecule has 2 N–H and O–H groups in total. The van der Waals surface area contributed by atoms with Crippen molar-refractivity contribution in [3.05, 3.63) is 64.6 Å². The molecule has 1 saturated carbocycles. The smallest absolute Gasteiger partial charge is 0.245 e. The number of carbonyl (C=O) groups excluding carboxylic acids is 2. The molecule has 9 heteroatoms. The topological polar surface area (TPSA) is 87.5 Å². The highest BCUT2D eigenvalue weighted by Gasteiger charge is 2.38. The number of carbonyl (C=O) groups is 2. The van der Waals surface area contributed by atoms with Gasteiger partial charge in [0.15, 0.2) is 0 Å². The number of nitrogens with zero attached hydrogens (tertiary/aromatic N) is 3.